The summed E-state index contributed by atoms with van der Waals surface area (Å²) in [7, 11) is -2.76. The predicted octanol–water partition coefficient (Wildman–Crippen LogP) is 3.39. The highest BCUT2D eigenvalue weighted by atomic mass is 32.2. The number of hydrogen-bond donors (Lipinski definition) is 2. The van der Waals surface area contributed by atoms with E-state index < -0.39 is 39.4 Å². The van der Waals surface area contributed by atoms with E-state index in [9.17, 15) is 13.2 Å². The minimum atomic E-state index is -3.95. The van der Waals surface area contributed by atoms with Gasteiger partial charge in [0.15, 0.2) is 17.3 Å². The van der Waals surface area contributed by atoms with Crippen molar-refractivity contribution in [2.45, 2.75) is 32.9 Å². The molecule has 1 aliphatic carbocycles. The van der Waals surface area contributed by atoms with Crippen LogP contribution >= 0.6 is 0 Å². The van der Waals surface area contributed by atoms with Crippen molar-refractivity contribution in [3.8, 4) is 5.88 Å². The number of carbonyl (C=O) groups excluding carboxylic acids is 1. The Morgan fingerprint density at radius 1 is 1.29 bits per heavy atom. The molecule has 1 aliphatic heterocycles. The van der Waals surface area contributed by atoms with Crippen molar-refractivity contribution in [3.05, 3.63) is 71.3 Å². The zero-order valence-corrected chi connectivity index (χ0v) is 19.9. The van der Waals surface area contributed by atoms with Crippen LogP contribution in [-0.2, 0) is 21.5 Å². The van der Waals surface area contributed by atoms with Gasteiger partial charge < -0.3 is 9.47 Å². The average molecular weight is 508 g/mol. The summed E-state index contributed by atoms with van der Waals surface area (Å²) in [6.45, 7) is 3.22. The van der Waals surface area contributed by atoms with Crippen LogP contribution in [0.2, 0.25) is 0 Å². The van der Waals surface area contributed by atoms with E-state index in [1.807, 2.05) is 4.72 Å². The molecule has 1 aromatic heterocycles. The van der Waals surface area contributed by atoms with Crippen molar-refractivity contribution in [2.24, 2.45) is 5.41 Å². The maximum absolute atomic E-state index is 15.3. The van der Waals surface area contributed by atoms with Crippen LogP contribution in [0.15, 0.2) is 59.9 Å². The first-order valence-electron chi connectivity index (χ1n) is 10.6. The summed E-state index contributed by atoms with van der Waals surface area (Å²) in [5, 5.41) is 7.44. The van der Waals surface area contributed by atoms with Crippen LogP contribution < -0.4 is 14.2 Å². The van der Waals surface area contributed by atoms with E-state index in [1.165, 1.54) is 48.5 Å². The van der Waals surface area contributed by atoms with E-state index in [-0.39, 0.29) is 41.6 Å². The minimum absolute atomic E-state index is 0.0552. The fourth-order valence-corrected chi connectivity index (χ4v) is 4.47. The third-order valence-electron chi connectivity index (χ3n) is 6.15. The summed E-state index contributed by atoms with van der Waals surface area (Å²) < 4.78 is 68.9. The zero-order chi connectivity index (χ0) is 25.4. The second kappa shape index (κ2) is 9.23. The van der Waals surface area contributed by atoms with Gasteiger partial charge in [-0.3, -0.25) is 9.62 Å². The molecule has 2 aliphatic rings. The normalized spacial score (nSPS) is 22.3. The molecule has 2 atom stereocenters. The molecule has 4 rings (SSSR count). The highest BCUT2D eigenvalue weighted by Crippen LogP contribution is 2.49. The quantitative estimate of drug-likeness (QED) is 0.589. The maximum atomic E-state index is 15.3. The van der Waals surface area contributed by atoms with Crippen molar-refractivity contribution in [3.63, 3.8) is 0 Å². The number of fused-ring (bicyclic) bond motifs is 1. The number of amides is 1. The molecule has 1 unspecified atom stereocenters. The van der Waals surface area contributed by atoms with Crippen LogP contribution in [0, 0.1) is 11.2 Å². The van der Waals surface area contributed by atoms with Crippen molar-refractivity contribution < 1.29 is 31.5 Å². The molecule has 0 radical (unpaired) electrons. The number of carbonyl (C=O) groups is 1. The molecule has 35 heavy (non-hydrogen) atoms. The first-order chi connectivity index (χ1) is 16.6. The van der Waals surface area contributed by atoms with Gasteiger partial charge in [0.1, 0.15) is 0 Å². The molecule has 0 bridgehead atoms. The van der Waals surface area contributed by atoms with Crippen LogP contribution in [0.4, 0.5) is 19.3 Å². The van der Waals surface area contributed by atoms with Crippen LogP contribution in [0.25, 0.3) is 0 Å². The molecule has 2 heterocycles. The second-order valence-electron chi connectivity index (χ2n) is 8.26. The number of nitrogens with zero attached hydrogens (tertiary/aromatic N) is 3. The largest absolute Gasteiger partial charge is 0.435 e. The predicted molar refractivity (Wildman–Crippen MR) is 121 cm³/mol. The standard InChI is InChI=1S/C22H23F2N5O5S/c1-13-22(2)10-9-16(33-17-8-5-11-26-27-17)19(24)20(22)34-21(30)29(13)12-14-6-4-7-15(18(14)23)28-35(31,32)25-3/h4-9,11,13,25,28H,10,12H2,1-3H3/t13-,22?/m0/s1. The lowest BCUT2D eigenvalue weighted by atomic mass is 9.73. The van der Waals surface area contributed by atoms with Gasteiger partial charge in [-0.2, -0.15) is 17.9 Å². The SMILES string of the molecule is CNS(=O)(=O)Nc1cccc(CN2C(=O)OC3=C(F)C(Oc4cccnn4)=CCC3(C)[C@@H]2C)c1F. The number of nitrogens with one attached hydrogen (secondary N) is 2. The minimum Gasteiger partial charge on any atom is -0.435 e. The third kappa shape index (κ3) is 4.68. The van der Waals surface area contributed by atoms with E-state index in [1.54, 1.807) is 19.9 Å². The molecular formula is C22H23F2N5O5S. The topological polar surface area (TPSA) is 123 Å². The molecule has 1 aromatic carbocycles. The first-order valence-corrected chi connectivity index (χ1v) is 12.1. The number of benzene rings is 1. The Kier molecular flexibility index (Phi) is 6.47. The van der Waals surface area contributed by atoms with Crippen LogP contribution in [0.5, 0.6) is 5.88 Å². The summed E-state index contributed by atoms with van der Waals surface area (Å²) >= 11 is 0. The summed E-state index contributed by atoms with van der Waals surface area (Å²) in [6.07, 6.45) is 2.37. The van der Waals surface area contributed by atoms with E-state index in [4.69, 9.17) is 9.47 Å². The Morgan fingerprint density at radius 2 is 2.06 bits per heavy atom. The van der Waals surface area contributed by atoms with Crippen molar-refractivity contribution in [1.82, 2.24) is 19.8 Å². The van der Waals surface area contributed by atoms with E-state index in [2.05, 4.69) is 14.9 Å². The van der Waals surface area contributed by atoms with Crippen molar-refractivity contribution in [2.75, 3.05) is 11.8 Å². The van der Waals surface area contributed by atoms with Crippen LogP contribution in [0.3, 0.4) is 0 Å². The van der Waals surface area contributed by atoms with Gasteiger partial charge in [0.25, 0.3) is 10.2 Å². The van der Waals surface area contributed by atoms with Gasteiger partial charge in [0.05, 0.1) is 17.6 Å². The molecule has 10 nitrogen and oxygen atoms in total. The highest BCUT2D eigenvalue weighted by molar-refractivity contribution is 7.90. The Balaban J connectivity index is 1.58. The molecular weight excluding hydrogens is 484 g/mol. The lowest BCUT2D eigenvalue weighted by Gasteiger charge is -2.47. The Morgan fingerprint density at radius 3 is 2.74 bits per heavy atom. The molecule has 13 heteroatoms. The summed E-state index contributed by atoms with van der Waals surface area (Å²) in [6, 6.07) is 6.63. The molecule has 186 valence electrons. The van der Waals surface area contributed by atoms with Crippen molar-refractivity contribution in [1.29, 1.82) is 0 Å². The van der Waals surface area contributed by atoms with Crippen molar-refractivity contribution >= 4 is 22.0 Å². The van der Waals surface area contributed by atoms with E-state index >= 15 is 8.78 Å². The van der Waals surface area contributed by atoms with Gasteiger partial charge in [-0.1, -0.05) is 19.1 Å². The lowest BCUT2D eigenvalue weighted by molar-refractivity contribution is 0.00104. The van der Waals surface area contributed by atoms with Gasteiger partial charge in [-0.15, -0.1) is 5.10 Å². The van der Waals surface area contributed by atoms with Crippen LogP contribution in [-0.4, -0.2) is 42.7 Å². The summed E-state index contributed by atoms with van der Waals surface area (Å²) in [5.41, 5.74) is -1.19. The lowest BCUT2D eigenvalue weighted by Crippen LogP contribution is -2.54. The monoisotopic (exact) mass is 507 g/mol. The second-order valence-corrected chi connectivity index (χ2v) is 9.88. The molecule has 1 fully saturated rings. The average Bonchev–Trinajstić information content (AvgIpc) is 2.83. The van der Waals surface area contributed by atoms with Crippen LogP contribution in [0.1, 0.15) is 25.8 Å². The van der Waals surface area contributed by atoms with E-state index in [0.717, 1.165) is 0 Å². The number of halogens is 2. The molecule has 2 N–H and O–H groups in total. The maximum Gasteiger partial charge on any atom is 0.415 e. The summed E-state index contributed by atoms with van der Waals surface area (Å²) in [4.78, 5) is 14.1. The van der Waals surface area contributed by atoms with E-state index in [0.29, 0.717) is 0 Å². The fourth-order valence-electron chi connectivity index (χ4n) is 3.92. The molecule has 2 aromatic rings. The Labute approximate surface area is 200 Å². The van der Waals surface area contributed by atoms with Gasteiger partial charge >= 0.3 is 6.09 Å². The molecule has 1 amide bonds. The number of allylic oxidation sites excluding steroid dienone is 2. The molecule has 0 spiro atoms. The van der Waals surface area contributed by atoms with Gasteiger partial charge in [0, 0.05) is 30.9 Å². The smallest absolute Gasteiger partial charge is 0.415 e. The number of hydrogen-bond acceptors (Lipinski definition) is 7. The Hall–Kier alpha value is -3.58. The number of ether oxygens (including phenoxy) is 2. The fraction of sp³-hybridized carbons (Fsp3) is 0.318. The number of anilines is 1. The van der Waals surface area contributed by atoms with Gasteiger partial charge in [-0.25, -0.2) is 13.9 Å². The first kappa shape index (κ1) is 24.5. The Bertz CT molecular complexity index is 1320. The van der Waals surface area contributed by atoms with Gasteiger partial charge in [0.2, 0.25) is 11.7 Å². The van der Waals surface area contributed by atoms with Gasteiger partial charge in [-0.05, 0) is 31.6 Å². The molecule has 0 saturated carbocycles. The third-order valence-corrected chi connectivity index (χ3v) is 7.18. The summed E-state index contributed by atoms with van der Waals surface area (Å²) in [5.74, 6) is -1.91. The number of aromatic nitrogens is 2. The number of rotatable bonds is 7. The zero-order valence-electron chi connectivity index (χ0n) is 19.1. The highest BCUT2D eigenvalue weighted by Gasteiger charge is 2.51. The molecule has 1 saturated heterocycles.